The maximum absolute atomic E-state index is 12.2. The fourth-order valence-electron chi connectivity index (χ4n) is 3.06. The second-order valence-corrected chi connectivity index (χ2v) is 8.76. The van der Waals surface area contributed by atoms with E-state index in [1.807, 2.05) is 18.2 Å². The molecule has 0 unspecified atom stereocenters. The Bertz CT molecular complexity index is 1210. The number of anilines is 2. The Morgan fingerprint density at radius 2 is 1.27 bits per heavy atom. The quantitative estimate of drug-likeness (QED) is 0.425. The smallest absolute Gasteiger partial charge is 0.254 e. The van der Waals surface area contributed by atoms with Gasteiger partial charge in [-0.25, -0.2) is 8.42 Å². The number of ether oxygens (including phenoxy) is 4. The zero-order valence-corrected chi connectivity index (χ0v) is 19.9. The highest BCUT2D eigenvalue weighted by Gasteiger charge is 2.18. The fraction of sp³-hybridized carbons (Fsp3) is 0.333. The van der Waals surface area contributed by atoms with Crippen LogP contribution in [0.3, 0.4) is 0 Å². The second kappa shape index (κ2) is 10.3. The first-order chi connectivity index (χ1) is 15.8. The molecule has 2 aromatic carbocycles. The Balaban J connectivity index is 1.76. The monoisotopic (exact) mass is 477 g/mol. The van der Waals surface area contributed by atoms with Crippen molar-refractivity contribution in [1.82, 2.24) is 14.2 Å². The van der Waals surface area contributed by atoms with E-state index >= 15 is 0 Å². The van der Waals surface area contributed by atoms with Crippen molar-refractivity contribution in [3.63, 3.8) is 0 Å². The largest absolute Gasteiger partial charge is 0.493 e. The molecule has 33 heavy (non-hydrogen) atoms. The van der Waals surface area contributed by atoms with Crippen molar-refractivity contribution in [3.8, 4) is 23.0 Å². The summed E-state index contributed by atoms with van der Waals surface area (Å²) >= 11 is 0. The van der Waals surface area contributed by atoms with E-state index in [2.05, 4.69) is 20.7 Å². The molecule has 0 bridgehead atoms. The number of nitrogens with zero attached hydrogens (tertiary/aromatic N) is 3. The topological polar surface area (TPSA) is 126 Å². The molecule has 2 N–H and O–H groups in total. The van der Waals surface area contributed by atoms with Crippen molar-refractivity contribution >= 4 is 21.9 Å². The van der Waals surface area contributed by atoms with Gasteiger partial charge in [0.25, 0.3) is 10.0 Å². The molecule has 11 nitrogen and oxygen atoms in total. The molecule has 0 fully saturated rings. The number of nitrogens with one attached hydrogen (secondary N) is 2. The number of methoxy groups -OCH3 is 4. The Morgan fingerprint density at radius 1 is 0.788 bits per heavy atom. The molecule has 0 atom stereocenters. The van der Waals surface area contributed by atoms with Crippen molar-refractivity contribution in [2.24, 2.45) is 0 Å². The van der Waals surface area contributed by atoms with Crippen LogP contribution in [0.25, 0.3) is 0 Å². The fourth-order valence-corrected chi connectivity index (χ4v) is 3.70. The molecule has 0 amide bonds. The zero-order valence-electron chi connectivity index (χ0n) is 19.1. The summed E-state index contributed by atoms with van der Waals surface area (Å²) in [5.74, 6) is 2.61. The van der Waals surface area contributed by atoms with Crippen LogP contribution in [-0.2, 0) is 23.1 Å². The molecule has 0 saturated heterocycles. The zero-order chi connectivity index (χ0) is 24.0. The minimum atomic E-state index is -3.68. The average Bonchev–Trinajstić information content (AvgIpc) is 3.24. The first-order valence-electron chi connectivity index (χ1n) is 9.86. The number of aromatic nitrogens is 3. The van der Waals surface area contributed by atoms with Gasteiger partial charge in [0.2, 0.25) is 11.9 Å². The molecular formula is C21H27N5O6S. The van der Waals surface area contributed by atoms with Gasteiger partial charge in [0.05, 0.1) is 34.7 Å². The Kier molecular flexibility index (Phi) is 7.48. The molecule has 12 heteroatoms. The highest BCUT2D eigenvalue weighted by atomic mass is 32.2. The normalized spacial score (nSPS) is 11.1. The van der Waals surface area contributed by atoms with Gasteiger partial charge in [0.1, 0.15) is 0 Å². The lowest BCUT2D eigenvalue weighted by atomic mass is 10.2. The molecule has 0 aliphatic rings. The second-order valence-electron chi connectivity index (χ2n) is 6.95. The van der Waals surface area contributed by atoms with Crippen LogP contribution in [-0.4, -0.2) is 57.3 Å². The van der Waals surface area contributed by atoms with Crippen molar-refractivity contribution < 1.29 is 27.4 Å². The third-order valence-electron chi connectivity index (χ3n) is 4.69. The minimum absolute atomic E-state index is 0.0853. The molecule has 3 aromatic rings. The van der Waals surface area contributed by atoms with E-state index in [4.69, 9.17) is 18.9 Å². The van der Waals surface area contributed by atoms with E-state index < -0.39 is 10.0 Å². The van der Waals surface area contributed by atoms with E-state index in [9.17, 15) is 8.42 Å². The number of hydrogen-bond acceptors (Lipinski definition) is 10. The van der Waals surface area contributed by atoms with Gasteiger partial charge in [-0.15, -0.1) is 9.19 Å². The Morgan fingerprint density at radius 3 is 1.73 bits per heavy atom. The summed E-state index contributed by atoms with van der Waals surface area (Å²) < 4.78 is 46.4. The predicted octanol–water partition coefficient (Wildman–Crippen LogP) is 2.34. The van der Waals surface area contributed by atoms with Gasteiger partial charge < -0.3 is 29.6 Å². The summed E-state index contributed by atoms with van der Waals surface area (Å²) in [4.78, 5) is 4.30. The van der Waals surface area contributed by atoms with Crippen LogP contribution in [0.15, 0.2) is 36.4 Å². The van der Waals surface area contributed by atoms with Crippen LogP contribution < -0.4 is 29.6 Å². The Labute approximate surface area is 192 Å². The van der Waals surface area contributed by atoms with E-state index in [1.54, 1.807) is 46.6 Å². The minimum Gasteiger partial charge on any atom is -0.493 e. The van der Waals surface area contributed by atoms with Gasteiger partial charge in [-0.3, -0.25) is 0 Å². The maximum atomic E-state index is 12.2. The van der Waals surface area contributed by atoms with Crippen LogP contribution in [0.1, 0.15) is 11.1 Å². The first-order valence-corrected chi connectivity index (χ1v) is 11.7. The van der Waals surface area contributed by atoms with Crippen LogP contribution >= 0.6 is 0 Å². The van der Waals surface area contributed by atoms with Gasteiger partial charge in [0, 0.05) is 13.1 Å². The summed E-state index contributed by atoms with van der Waals surface area (Å²) in [5.41, 5.74) is 1.72. The molecule has 0 aliphatic carbocycles. The number of rotatable bonds is 11. The van der Waals surface area contributed by atoms with Crippen molar-refractivity contribution in [2.45, 2.75) is 13.1 Å². The van der Waals surface area contributed by atoms with Crippen molar-refractivity contribution in [2.75, 3.05) is 45.3 Å². The SMILES string of the molecule is COc1ccc(CNc2nc(NCc3ccc(OC)c(OC)c3)n(S(C)(=O)=O)n2)cc1OC. The lowest BCUT2D eigenvalue weighted by molar-refractivity contribution is 0.354. The van der Waals surface area contributed by atoms with Crippen molar-refractivity contribution in [1.29, 1.82) is 0 Å². The number of hydrogen-bond donors (Lipinski definition) is 2. The standard InChI is InChI=1S/C21H27N5O6S/c1-29-16-8-6-14(10-18(16)31-3)12-22-20-24-21(26(25-20)33(5,27)28)23-13-15-7-9-17(30-2)19(11-15)32-4/h6-11H,12-13H2,1-5H3,(H2,22,23,24,25). The van der Waals surface area contributed by atoms with Gasteiger partial charge >= 0.3 is 0 Å². The maximum Gasteiger partial charge on any atom is 0.254 e. The third-order valence-corrected chi connectivity index (χ3v) is 5.57. The summed E-state index contributed by atoms with van der Waals surface area (Å²) in [6, 6.07) is 10.9. The van der Waals surface area contributed by atoms with Crippen LogP contribution in [0.2, 0.25) is 0 Å². The van der Waals surface area contributed by atoms with Crippen molar-refractivity contribution in [3.05, 3.63) is 47.5 Å². The van der Waals surface area contributed by atoms with E-state index in [1.165, 1.54) is 0 Å². The molecule has 0 radical (unpaired) electrons. The summed E-state index contributed by atoms with van der Waals surface area (Å²) in [6.45, 7) is 0.646. The lowest BCUT2D eigenvalue weighted by Gasteiger charge is -2.10. The first kappa shape index (κ1) is 24.0. The average molecular weight is 478 g/mol. The Hall–Kier alpha value is -3.67. The summed E-state index contributed by atoms with van der Waals surface area (Å²) in [7, 11) is 2.54. The third kappa shape index (κ3) is 5.77. The van der Waals surface area contributed by atoms with Crippen LogP contribution in [0, 0.1) is 0 Å². The lowest BCUT2D eigenvalue weighted by Crippen LogP contribution is -2.16. The highest BCUT2D eigenvalue weighted by molar-refractivity contribution is 7.89. The van der Waals surface area contributed by atoms with Crippen LogP contribution in [0.5, 0.6) is 23.0 Å². The molecule has 0 aliphatic heterocycles. The van der Waals surface area contributed by atoms with E-state index in [0.29, 0.717) is 36.1 Å². The molecule has 3 rings (SSSR count). The van der Waals surface area contributed by atoms with E-state index in [0.717, 1.165) is 21.5 Å². The molecule has 1 aromatic heterocycles. The van der Waals surface area contributed by atoms with Crippen LogP contribution in [0.4, 0.5) is 11.9 Å². The molecular weight excluding hydrogens is 450 g/mol. The molecule has 178 valence electrons. The number of benzene rings is 2. The van der Waals surface area contributed by atoms with Gasteiger partial charge in [-0.05, 0) is 35.4 Å². The molecule has 0 spiro atoms. The van der Waals surface area contributed by atoms with E-state index in [-0.39, 0.29) is 11.9 Å². The van der Waals surface area contributed by atoms with Gasteiger partial charge in [-0.2, -0.15) is 4.98 Å². The van der Waals surface area contributed by atoms with Gasteiger partial charge in [-0.1, -0.05) is 12.1 Å². The van der Waals surface area contributed by atoms with Gasteiger partial charge in [0.15, 0.2) is 23.0 Å². The predicted molar refractivity (Wildman–Crippen MR) is 124 cm³/mol. The summed E-state index contributed by atoms with van der Waals surface area (Å²) in [6.07, 6.45) is 1.06. The summed E-state index contributed by atoms with van der Waals surface area (Å²) in [5, 5.41) is 10.1. The molecule has 1 heterocycles. The highest BCUT2D eigenvalue weighted by Crippen LogP contribution is 2.29. The molecule has 0 saturated carbocycles.